The van der Waals surface area contributed by atoms with Crippen molar-refractivity contribution in [3.8, 4) is 22.8 Å². The zero-order valence-corrected chi connectivity index (χ0v) is 15.3. The molecule has 0 atom stereocenters. The maximum Gasteiger partial charge on any atom is 0.573 e. The monoisotopic (exact) mass is 406 g/mol. The highest BCUT2D eigenvalue weighted by Gasteiger charge is 2.31. The average molecular weight is 406 g/mol. The van der Waals surface area contributed by atoms with E-state index in [4.69, 9.17) is 5.11 Å². The molecule has 0 radical (unpaired) electrons. The third-order valence-corrected chi connectivity index (χ3v) is 4.10. The van der Waals surface area contributed by atoms with E-state index >= 15 is 0 Å². The van der Waals surface area contributed by atoms with Crippen molar-refractivity contribution in [2.24, 2.45) is 0 Å². The Morgan fingerprint density at radius 1 is 1.14 bits per heavy atom. The molecule has 0 spiro atoms. The highest BCUT2D eigenvalue weighted by Crippen LogP contribution is 2.24. The Balaban J connectivity index is 1.67. The van der Waals surface area contributed by atoms with Gasteiger partial charge in [-0.3, -0.25) is 0 Å². The lowest BCUT2D eigenvalue weighted by Crippen LogP contribution is -2.26. The van der Waals surface area contributed by atoms with Crippen LogP contribution in [-0.4, -0.2) is 50.8 Å². The number of hydrogen-bond acceptors (Lipinski definition) is 4. The minimum Gasteiger partial charge on any atom is -0.465 e. The Morgan fingerprint density at radius 2 is 1.79 bits per heavy atom. The summed E-state index contributed by atoms with van der Waals surface area (Å²) in [5, 5.41) is 13.2. The zero-order valence-electron chi connectivity index (χ0n) is 15.3. The van der Waals surface area contributed by atoms with Crippen LogP contribution in [0.25, 0.3) is 17.1 Å². The van der Waals surface area contributed by atoms with Crippen molar-refractivity contribution in [1.82, 2.24) is 19.7 Å². The number of carbonyl (C=O) groups is 1. The summed E-state index contributed by atoms with van der Waals surface area (Å²) < 4.78 is 42.0. The maximum atomic E-state index is 12.2. The van der Waals surface area contributed by atoms with E-state index < -0.39 is 12.5 Å². The molecule has 0 bridgehead atoms. The minimum atomic E-state index is -4.74. The van der Waals surface area contributed by atoms with Gasteiger partial charge in [-0.1, -0.05) is 24.3 Å². The molecule has 1 heterocycles. The molecule has 0 saturated heterocycles. The number of benzene rings is 2. The summed E-state index contributed by atoms with van der Waals surface area (Å²) in [6.07, 6.45) is -3.67. The smallest absolute Gasteiger partial charge is 0.465 e. The largest absolute Gasteiger partial charge is 0.573 e. The number of ether oxygens (including phenoxy) is 1. The van der Waals surface area contributed by atoms with Gasteiger partial charge in [0.1, 0.15) is 12.1 Å². The summed E-state index contributed by atoms with van der Waals surface area (Å²) in [5.41, 5.74) is 2.27. The van der Waals surface area contributed by atoms with Crippen molar-refractivity contribution >= 4 is 6.09 Å². The van der Waals surface area contributed by atoms with Crippen LogP contribution in [-0.2, 0) is 6.42 Å². The molecule has 10 heteroatoms. The van der Waals surface area contributed by atoms with Gasteiger partial charge in [-0.05, 0) is 36.2 Å². The summed E-state index contributed by atoms with van der Waals surface area (Å²) in [7, 11) is 1.51. The molecule has 1 amide bonds. The summed E-state index contributed by atoms with van der Waals surface area (Å²) in [6.45, 7) is 0.385. The molecular weight excluding hydrogens is 389 g/mol. The number of carboxylic acid groups (broad SMARTS) is 1. The number of nitrogens with zero attached hydrogens (tertiary/aromatic N) is 4. The van der Waals surface area contributed by atoms with Gasteiger partial charge in [0, 0.05) is 19.2 Å². The van der Waals surface area contributed by atoms with E-state index in [9.17, 15) is 18.0 Å². The van der Waals surface area contributed by atoms with Gasteiger partial charge in [0.15, 0.2) is 5.82 Å². The van der Waals surface area contributed by atoms with Crippen molar-refractivity contribution in [2.45, 2.75) is 12.8 Å². The number of halogens is 3. The Kier molecular flexibility index (Phi) is 5.71. The molecule has 7 nitrogen and oxygen atoms in total. The van der Waals surface area contributed by atoms with Crippen LogP contribution in [0, 0.1) is 0 Å². The molecule has 1 N–H and O–H groups in total. The van der Waals surface area contributed by atoms with E-state index in [-0.39, 0.29) is 5.75 Å². The van der Waals surface area contributed by atoms with Crippen LogP contribution in [0.4, 0.5) is 18.0 Å². The van der Waals surface area contributed by atoms with Gasteiger partial charge < -0.3 is 14.7 Å². The van der Waals surface area contributed by atoms with Crippen molar-refractivity contribution in [1.29, 1.82) is 0 Å². The SMILES string of the molecule is CN(CCc1ccc(-c2ncn(-c3ccc(OC(F)(F)F)cc3)n2)cc1)C(=O)O. The van der Waals surface area contributed by atoms with E-state index in [1.165, 1.54) is 47.2 Å². The predicted octanol–water partition coefficient (Wildman–Crippen LogP) is 3.99. The summed E-state index contributed by atoms with van der Waals surface area (Å²) in [4.78, 5) is 16.2. The van der Waals surface area contributed by atoms with Crippen molar-refractivity contribution in [2.75, 3.05) is 13.6 Å². The number of aromatic nitrogens is 3. The molecule has 0 aliphatic rings. The Bertz CT molecular complexity index is 970. The second kappa shape index (κ2) is 8.21. The molecule has 29 heavy (non-hydrogen) atoms. The fourth-order valence-corrected chi connectivity index (χ4v) is 2.53. The first kappa shape index (κ1) is 20.2. The van der Waals surface area contributed by atoms with Gasteiger partial charge in [-0.25, -0.2) is 14.5 Å². The quantitative estimate of drug-likeness (QED) is 0.670. The van der Waals surface area contributed by atoms with E-state index in [2.05, 4.69) is 14.8 Å². The Hall–Kier alpha value is -3.56. The van der Waals surface area contributed by atoms with Gasteiger partial charge in [0.25, 0.3) is 0 Å². The number of rotatable bonds is 6. The molecule has 2 aromatic carbocycles. The van der Waals surface area contributed by atoms with Gasteiger partial charge in [-0.15, -0.1) is 18.3 Å². The molecule has 0 saturated carbocycles. The molecule has 1 aromatic heterocycles. The minimum absolute atomic E-state index is 0.314. The molecule has 152 valence electrons. The second-order valence-corrected chi connectivity index (χ2v) is 6.21. The first-order valence-corrected chi connectivity index (χ1v) is 8.52. The fourth-order valence-electron chi connectivity index (χ4n) is 2.53. The fraction of sp³-hybridized carbons (Fsp3) is 0.211. The lowest BCUT2D eigenvalue weighted by Gasteiger charge is -2.12. The normalized spacial score (nSPS) is 11.3. The highest BCUT2D eigenvalue weighted by molar-refractivity contribution is 5.64. The standard InChI is InChI=1S/C19H17F3N4O3/c1-25(18(27)28)11-10-13-2-4-14(5-3-13)17-23-12-26(24-17)15-6-8-16(9-7-15)29-19(20,21)22/h2-9,12H,10-11H2,1H3,(H,27,28). The van der Waals surface area contributed by atoms with Crippen LogP contribution in [0.5, 0.6) is 5.75 Å². The summed E-state index contributed by atoms with van der Waals surface area (Å²) in [6, 6.07) is 12.7. The average Bonchev–Trinajstić information content (AvgIpc) is 3.16. The molecular formula is C19H17F3N4O3. The first-order valence-electron chi connectivity index (χ1n) is 8.52. The molecule has 0 fully saturated rings. The third-order valence-electron chi connectivity index (χ3n) is 4.10. The van der Waals surface area contributed by atoms with Crippen LogP contribution in [0.15, 0.2) is 54.9 Å². The Morgan fingerprint density at radius 3 is 2.38 bits per heavy atom. The van der Waals surface area contributed by atoms with E-state index in [0.29, 0.717) is 24.5 Å². The number of amides is 1. The summed E-state index contributed by atoms with van der Waals surface area (Å²) in [5.74, 6) is 0.139. The van der Waals surface area contributed by atoms with Crippen LogP contribution in [0.2, 0.25) is 0 Å². The molecule has 0 aliphatic carbocycles. The maximum absolute atomic E-state index is 12.2. The van der Waals surface area contributed by atoms with Gasteiger partial charge >= 0.3 is 12.5 Å². The van der Waals surface area contributed by atoms with Crippen molar-refractivity contribution in [3.05, 3.63) is 60.4 Å². The van der Waals surface area contributed by atoms with E-state index in [1.807, 2.05) is 24.3 Å². The van der Waals surface area contributed by atoms with Crippen LogP contribution in [0.1, 0.15) is 5.56 Å². The highest BCUT2D eigenvalue weighted by atomic mass is 19.4. The van der Waals surface area contributed by atoms with E-state index in [0.717, 1.165) is 11.1 Å². The van der Waals surface area contributed by atoms with Crippen LogP contribution in [0.3, 0.4) is 0 Å². The Labute approximate surface area is 164 Å². The predicted molar refractivity (Wildman–Crippen MR) is 97.8 cm³/mol. The van der Waals surface area contributed by atoms with Crippen LogP contribution < -0.4 is 4.74 Å². The molecule has 0 unspecified atom stereocenters. The third kappa shape index (κ3) is 5.47. The second-order valence-electron chi connectivity index (χ2n) is 6.21. The number of hydrogen-bond donors (Lipinski definition) is 1. The van der Waals surface area contributed by atoms with Crippen LogP contribution >= 0.6 is 0 Å². The lowest BCUT2D eigenvalue weighted by molar-refractivity contribution is -0.274. The van der Waals surface area contributed by atoms with Gasteiger partial charge in [0.2, 0.25) is 0 Å². The molecule has 3 aromatic rings. The number of likely N-dealkylation sites (N-methyl/N-ethyl adjacent to an activating group) is 1. The summed E-state index contributed by atoms with van der Waals surface area (Å²) >= 11 is 0. The van der Waals surface area contributed by atoms with Crippen molar-refractivity contribution < 1.29 is 27.8 Å². The molecule has 3 rings (SSSR count). The zero-order chi connectivity index (χ0) is 21.0. The van der Waals surface area contributed by atoms with Crippen molar-refractivity contribution in [3.63, 3.8) is 0 Å². The first-order chi connectivity index (χ1) is 13.7. The molecule has 0 aliphatic heterocycles. The topological polar surface area (TPSA) is 80.5 Å². The van der Waals surface area contributed by atoms with Gasteiger partial charge in [-0.2, -0.15) is 0 Å². The van der Waals surface area contributed by atoms with E-state index in [1.54, 1.807) is 0 Å². The number of alkyl halides is 3. The lowest BCUT2D eigenvalue weighted by atomic mass is 10.1. The van der Waals surface area contributed by atoms with Gasteiger partial charge in [0.05, 0.1) is 5.69 Å².